The molecule has 2 amide bonds. The van der Waals surface area contributed by atoms with Crippen LogP contribution in [-0.2, 0) is 10.3 Å². The Labute approximate surface area is 195 Å². The lowest BCUT2D eigenvalue weighted by Crippen LogP contribution is -2.56. The third-order valence-corrected chi connectivity index (χ3v) is 5.46. The molecule has 0 aromatic heterocycles. The average molecular weight is 488 g/mol. The Morgan fingerprint density at radius 2 is 1.66 bits per heavy atom. The number of anilines is 1. The van der Waals surface area contributed by atoms with Gasteiger partial charge in [0, 0.05) is 11.1 Å². The number of hydrogen-bond donors (Lipinski definition) is 3. The predicted octanol–water partition coefficient (Wildman–Crippen LogP) is 4.94. The maximum absolute atomic E-state index is 14.5. The van der Waals surface area contributed by atoms with E-state index in [2.05, 4.69) is 10.6 Å². The lowest BCUT2D eigenvalue weighted by Gasteiger charge is -2.39. The molecule has 3 N–H and O–H groups in total. The normalized spacial score (nSPS) is 17.1. The van der Waals surface area contributed by atoms with Crippen molar-refractivity contribution in [2.75, 3.05) is 11.9 Å². The summed E-state index contributed by atoms with van der Waals surface area (Å²) < 4.78 is 61.3. The Kier molecular flexibility index (Phi) is 5.93. The summed E-state index contributed by atoms with van der Waals surface area (Å²) in [6.07, 6.45) is -6.52. The largest absolute Gasteiger partial charge is 0.478 e. The number of carbonyl (C=O) groups is 3. The molecule has 0 spiro atoms. The van der Waals surface area contributed by atoms with E-state index in [-0.39, 0.29) is 22.4 Å². The van der Waals surface area contributed by atoms with E-state index in [0.717, 1.165) is 30.3 Å². The average Bonchev–Trinajstić information content (AvgIpc) is 2.81. The number of carbonyl (C=O) groups excluding carboxylic acids is 2. The molecule has 1 unspecified atom stereocenters. The predicted molar refractivity (Wildman–Crippen MR) is 115 cm³/mol. The molecule has 4 rings (SSSR count). The van der Waals surface area contributed by atoms with Crippen molar-refractivity contribution in [3.63, 3.8) is 0 Å². The smallest absolute Gasteiger partial charge is 0.434 e. The van der Waals surface area contributed by atoms with Crippen molar-refractivity contribution in [2.45, 2.75) is 11.8 Å². The molecule has 11 heteroatoms. The Balaban J connectivity index is 1.77. The molecule has 0 saturated heterocycles. The highest BCUT2D eigenvalue weighted by Crippen LogP contribution is 2.48. The monoisotopic (exact) mass is 488 g/mol. The van der Waals surface area contributed by atoms with Crippen molar-refractivity contribution < 1.29 is 41.8 Å². The van der Waals surface area contributed by atoms with Gasteiger partial charge in [0.25, 0.3) is 11.5 Å². The fraction of sp³-hybridized carbons (Fsp3) is 0.125. The number of amides is 2. The zero-order valence-electron chi connectivity index (χ0n) is 17.7. The SMILES string of the molecule is O=C1Nc2ccc(-c3cccc(C(=O)O)c3)cc2C(CNC(=O)c2ccc(F)cc2)(C(F)(F)F)O1. The Bertz CT molecular complexity index is 1320. The molecular formula is C24H16F4N2O5. The minimum Gasteiger partial charge on any atom is -0.478 e. The summed E-state index contributed by atoms with van der Waals surface area (Å²) in [7, 11) is 0. The van der Waals surface area contributed by atoms with Crippen LogP contribution in [0.2, 0.25) is 0 Å². The van der Waals surface area contributed by atoms with Gasteiger partial charge in [0.05, 0.1) is 17.8 Å². The Morgan fingerprint density at radius 3 is 2.31 bits per heavy atom. The number of alkyl halides is 3. The first-order valence-corrected chi connectivity index (χ1v) is 10.1. The molecule has 180 valence electrons. The maximum Gasteiger partial charge on any atom is 0.434 e. The number of hydrogen-bond acceptors (Lipinski definition) is 4. The first-order chi connectivity index (χ1) is 16.5. The van der Waals surface area contributed by atoms with E-state index in [1.165, 1.54) is 36.4 Å². The number of fused-ring (bicyclic) bond motifs is 1. The molecule has 0 saturated carbocycles. The summed E-state index contributed by atoms with van der Waals surface area (Å²) in [6.45, 7) is -1.16. The first-order valence-electron chi connectivity index (χ1n) is 10.1. The number of rotatable bonds is 5. The van der Waals surface area contributed by atoms with Gasteiger partial charge in [-0.2, -0.15) is 13.2 Å². The molecule has 1 heterocycles. The second-order valence-electron chi connectivity index (χ2n) is 7.68. The molecule has 0 aliphatic carbocycles. The topological polar surface area (TPSA) is 105 Å². The zero-order valence-corrected chi connectivity index (χ0v) is 17.7. The van der Waals surface area contributed by atoms with E-state index in [4.69, 9.17) is 4.74 Å². The molecular weight excluding hydrogens is 472 g/mol. The Hall–Kier alpha value is -4.41. The fourth-order valence-corrected chi connectivity index (χ4v) is 3.70. The van der Waals surface area contributed by atoms with Gasteiger partial charge in [-0.05, 0) is 59.7 Å². The molecule has 3 aromatic rings. The van der Waals surface area contributed by atoms with Gasteiger partial charge in [-0.3, -0.25) is 10.1 Å². The molecule has 3 aromatic carbocycles. The summed E-state index contributed by atoms with van der Waals surface area (Å²) in [6, 6.07) is 13.5. The minimum absolute atomic E-state index is 0.0709. The van der Waals surface area contributed by atoms with Gasteiger partial charge in [0.2, 0.25) is 0 Å². The first kappa shape index (κ1) is 23.7. The van der Waals surface area contributed by atoms with Crippen LogP contribution >= 0.6 is 0 Å². The number of halogens is 4. The van der Waals surface area contributed by atoms with Gasteiger partial charge in [-0.25, -0.2) is 14.0 Å². The highest BCUT2D eigenvalue weighted by molar-refractivity contribution is 5.95. The molecule has 0 bridgehead atoms. The third kappa shape index (κ3) is 4.52. The van der Waals surface area contributed by atoms with Crippen LogP contribution in [0.5, 0.6) is 0 Å². The molecule has 1 atom stereocenters. The molecule has 1 aliphatic heterocycles. The summed E-state index contributed by atoms with van der Waals surface area (Å²) >= 11 is 0. The fourth-order valence-electron chi connectivity index (χ4n) is 3.70. The number of carboxylic acid groups (broad SMARTS) is 1. The van der Waals surface area contributed by atoms with E-state index >= 15 is 0 Å². The molecule has 7 nitrogen and oxygen atoms in total. The molecule has 35 heavy (non-hydrogen) atoms. The quantitative estimate of drug-likeness (QED) is 0.442. The van der Waals surface area contributed by atoms with Crippen molar-refractivity contribution in [2.24, 2.45) is 0 Å². The van der Waals surface area contributed by atoms with Crippen molar-refractivity contribution >= 4 is 23.7 Å². The number of benzene rings is 3. The molecule has 1 aliphatic rings. The van der Waals surface area contributed by atoms with Crippen LogP contribution in [0.1, 0.15) is 26.3 Å². The summed E-state index contributed by atoms with van der Waals surface area (Å²) in [5, 5.41) is 13.5. The lowest BCUT2D eigenvalue weighted by molar-refractivity contribution is -0.261. The number of cyclic esters (lactones) is 1. The minimum atomic E-state index is -5.16. The number of aromatic carboxylic acids is 1. The second kappa shape index (κ2) is 8.75. The van der Waals surface area contributed by atoms with Crippen molar-refractivity contribution in [1.82, 2.24) is 5.32 Å². The van der Waals surface area contributed by atoms with Crippen molar-refractivity contribution in [1.29, 1.82) is 0 Å². The maximum atomic E-state index is 14.5. The van der Waals surface area contributed by atoms with Crippen molar-refractivity contribution in [3.8, 4) is 11.1 Å². The van der Waals surface area contributed by atoms with Crippen LogP contribution in [0.25, 0.3) is 11.1 Å². The van der Waals surface area contributed by atoms with Crippen LogP contribution in [0, 0.1) is 5.82 Å². The summed E-state index contributed by atoms with van der Waals surface area (Å²) in [4.78, 5) is 35.8. The lowest BCUT2D eigenvalue weighted by atomic mass is 9.87. The molecule has 0 radical (unpaired) electrons. The van der Waals surface area contributed by atoms with E-state index in [1.54, 1.807) is 0 Å². The van der Waals surface area contributed by atoms with Gasteiger partial charge in [0.1, 0.15) is 5.82 Å². The highest BCUT2D eigenvalue weighted by Gasteiger charge is 2.62. The van der Waals surface area contributed by atoms with Crippen LogP contribution in [0.15, 0.2) is 66.7 Å². The van der Waals surface area contributed by atoms with Crippen LogP contribution in [-0.4, -0.2) is 35.8 Å². The van der Waals surface area contributed by atoms with Crippen molar-refractivity contribution in [3.05, 3.63) is 89.2 Å². The standard InChI is InChI=1S/C24H16F4N2O5/c25-17-7-4-13(5-8-17)20(31)29-12-23(24(26,27)28)18-11-15(6-9-19(18)30-22(34)35-23)14-2-1-3-16(10-14)21(32)33/h1-11H,12H2,(H,29,31)(H,30,34)(H,32,33). The molecule has 0 fully saturated rings. The van der Waals surface area contributed by atoms with Crippen LogP contribution in [0.4, 0.5) is 28.0 Å². The third-order valence-electron chi connectivity index (χ3n) is 5.46. The summed E-state index contributed by atoms with van der Waals surface area (Å²) in [5.74, 6) is -2.78. The number of carboxylic acids is 1. The number of nitrogens with one attached hydrogen (secondary N) is 2. The van der Waals surface area contributed by atoms with Crippen LogP contribution < -0.4 is 10.6 Å². The van der Waals surface area contributed by atoms with Gasteiger partial charge in [-0.1, -0.05) is 18.2 Å². The van der Waals surface area contributed by atoms with E-state index in [9.17, 15) is 37.1 Å². The summed E-state index contributed by atoms with van der Waals surface area (Å²) in [5.41, 5.74) is -3.54. The van der Waals surface area contributed by atoms with E-state index in [1.807, 2.05) is 0 Å². The van der Waals surface area contributed by atoms with E-state index in [0.29, 0.717) is 5.56 Å². The van der Waals surface area contributed by atoms with Gasteiger partial charge in [-0.15, -0.1) is 0 Å². The van der Waals surface area contributed by atoms with Gasteiger partial charge in [0.15, 0.2) is 0 Å². The zero-order chi connectivity index (χ0) is 25.4. The highest BCUT2D eigenvalue weighted by atomic mass is 19.4. The second-order valence-corrected chi connectivity index (χ2v) is 7.68. The van der Waals surface area contributed by atoms with Gasteiger partial charge >= 0.3 is 18.2 Å². The van der Waals surface area contributed by atoms with Crippen LogP contribution in [0.3, 0.4) is 0 Å². The Morgan fingerprint density at radius 1 is 0.971 bits per heavy atom. The van der Waals surface area contributed by atoms with Gasteiger partial charge < -0.3 is 15.2 Å². The number of ether oxygens (including phenoxy) is 1. The van der Waals surface area contributed by atoms with E-state index < -0.39 is 47.7 Å².